The van der Waals surface area contributed by atoms with Crippen molar-refractivity contribution in [2.24, 2.45) is 5.92 Å². The van der Waals surface area contributed by atoms with E-state index in [1.165, 1.54) is 0 Å². The van der Waals surface area contributed by atoms with Crippen LogP contribution in [0.2, 0.25) is 10.0 Å². The molecule has 0 aliphatic heterocycles. The Balaban J connectivity index is 1.59. The summed E-state index contributed by atoms with van der Waals surface area (Å²) in [5.41, 5.74) is 6.18. The quantitative estimate of drug-likeness (QED) is 0.371. The van der Waals surface area contributed by atoms with Gasteiger partial charge in [0.25, 0.3) is 0 Å². The maximum absolute atomic E-state index is 12.9. The van der Waals surface area contributed by atoms with E-state index in [9.17, 15) is 13.2 Å². The second-order valence-electron chi connectivity index (χ2n) is 8.04. The van der Waals surface area contributed by atoms with Crippen LogP contribution < -0.4 is 15.8 Å². The number of carbonyl (C=O) groups excluding carboxylic acids is 1. The van der Waals surface area contributed by atoms with Gasteiger partial charge in [-0.15, -0.1) is 0 Å². The number of hydrogen-bond acceptors (Lipinski definition) is 8. The van der Waals surface area contributed by atoms with Crippen molar-refractivity contribution >= 4 is 61.3 Å². The number of nitrogens with two attached hydrogens (primary N) is 1. The first-order valence-corrected chi connectivity index (χ1v) is 13.4. The molecule has 0 unspecified atom stereocenters. The monoisotopic (exact) mass is 520 g/mol. The first kappa shape index (κ1) is 25.2. The first-order chi connectivity index (χ1) is 15.1. The molecule has 0 spiro atoms. The van der Waals surface area contributed by atoms with Crippen molar-refractivity contribution in [1.82, 2.24) is 9.71 Å². The van der Waals surface area contributed by atoms with E-state index in [1.54, 1.807) is 25.1 Å². The third kappa shape index (κ3) is 6.33. The summed E-state index contributed by atoms with van der Waals surface area (Å²) >= 11 is 13.4. The highest BCUT2D eigenvalue weighted by molar-refractivity contribution is 7.89. The summed E-state index contributed by atoms with van der Waals surface area (Å²) in [7, 11) is -3.43. The normalized spacial score (nSPS) is 20.1. The summed E-state index contributed by atoms with van der Waals surface area (Å²) < 4.78 is 27.1. The molecule has 32 heavy (non-hydrogen) atoms. The molecule has 5 N–H and O–H groups in total. The molecule has 0 radical (unpaired) electrons. The number of ketones is 1. The van der Waals surface area contributed by atoms with Crippen molar-refractivity contribution in [2.45, 2.75) is 44.7 Å². The molecule has 1 aromatic heterocycles. The lowest BCUT2D eigenvalue weighted by Gasteiger charge is -2.29. The van der Waals surface area contributed by atoms with Gasteiger partial charge < -0.3 is 16.2 Å². The highest BCUT2D eigenvalue weighted by Gasteiger charge is 2.27. The number of aliphatic hydroxyl groups is 1. The van der Waals surface area contributed by atoms with Crippen molar-refractivity contribution < 1.29 is 18.3 Å². The molecule has 0 amide bonds. The molecule has 1 atom stereocenters. The Bertz CT molecular complexity index is 1050. The van der Waals surface area contributed by atoms with Crippen LogP contribution in [0.1, 0.15) is 47.8 Å². The summed E-state index contributed by atoms with van der Waals surface area (Å²) in [5, 5.41) is 13.4. The van der Waals surface area contributed by atoms with E-state index in [0.29, 0.717) is 18.0 Å². The third-order valence-corrected chi connectivity index (χ3v) is 8.60. The number of nitrogen functional groups attached to an aromatic ring is 1. The smallest absolute Gasteiger partial charge is 0.212 e. The molecule has 1 aliphatic carbocycles. The van der Waals surface area contributed by atoms with Crippen LogP contribution >= 0.6 is 34.5 Å². The number of rotatable bonds is 9. The number of nitrogens with one attached hydrogen (secondary N) is 2. The van der Waals surface area contributed by atoms with Crippen LogP contribution in [0.4, 0.5) is 10.9 Å². The average molecular weight is 521 g/mol. The number of hydrogen-bond donors (Lipinski definition) is 4. The standard InChI is InChI=1S/C20H26Cl2N4O4S2/c1-11(9-27)10-32(29,30)26-13-7-5-12(6-8-13)24-20-25-19(23)18(31-20)17(28)16-14(21)3-2-4-15(16)22/h2-4,11-13,26-27H,5-10,23H2,1H3,(H,24,25)/t11-,12-,13-/m1/s1. The van der Waals surface area contributed by atoms with Crippen molar-refractivity contribution in [2.75, 3.05) is 23.4 Å². The Morgan fingerprint density at radius 1 is 1.25 bits per heavy atom. The minimum Gasteiger partial charge on any atom is -0.396 e. The number of carbonyl (C=O) groups is 1. The van der Waals surface area contributed by atoms with Crippen molar-refractivity contribution in [3.8, 4) is 0 Å². The van der Waals surface area contributed by atoms with Gasteiger partial charge in [-0.2, -0.15) is 0 Å². The Hall–Kier alpha value is -1.43. The molecule has 0 bridgehead atoms. The fourth-order valence-electron chi connectivity index (χ4n) is 3.64. The molecule has 2 aromatic rings. The third-order valence-electron chi connectivity index (χ3n) is 5.27. The minimum absolute atomic E-state index is 0.0875. The van der Waals surface area contributed by atoms with Gasteiger partial charge in [0.1, 0.15) is 10.7 Å². The van der Waals surface area contributed by atoms with Gasteiger partial charge in [-0.05, 0) is 43.7 Å². The summed E-state index contributed by atoms with van der Waals surface area (Å²) in [6.07, 6.45) is 2.82. The lowest BCUT2D eigenvalue weighted by molar-refractivity contribution is 0.104. The Labute approximate surface area is 201 Å². The molecular weight excluding hydrogens is 495 g/mol. The van der Waals surface area contributed by atoms with Crippen molar-refractivity contribution in [3.05, 3.63) is 38.7 Å². The Morgan fingerprint density at radius 2 is 1.84 bits per heavy atom. The number of halogens is 2. The Morgan fingerprint density at radius 3 is 2.44 bits per heavy atom. The molecule has 1 saturated carbocycles. The number of benzene rings is 1. The molecule has 1 fully saturated rings. The largest absolute Gasteiger partial charge is 0.396 e. The zero-order valence-electron chi connectivity index (χ0n) is 17.5. The molecule has 1 heterocycles. The highest BCUT2D eigenvalue weighted by Crippen LogP contribution is 2.34. The summed E-state index contributed by atoms with van der Waals surface area (Å²) in [6, 6.07) is 4.80. The molecule has 8 nitrogen and oxygen atoms in total. The number of thiazole rings is 1. The predicted octanol–water partition coefficient (Wildman–Crippen LogP) is 3.53. The van der Waals surface area contributed by atoms with Crippen LogP contribution in [0.3, 0.4) is 0 Å². The zero-order valence-corrected chi connectivity index (χ0v) is 20.6. The molecular formula is C20H26Cl2N4O4S2. The van der Waals surface area contributed by atoms with Crippen LogP contribution in [0.5, 0.6) is 0 Å². The van der Waals surface area contributed by atoms with Gasteiger partial charge in [0.05, 0.1) is 21.4 Å². The van der Waals surface area contributed by atoms with Crippen molar-refractivity contribution in [1.29, 1.82) is 0 Å². The number of nitrogens with zero attached hydrogens (tertiary/aromatic N) is 1. The average Bonchev–Trinajstić information content (AvgIpc) is 3.08. The fourth-order valence-corrected chi connectivity index (χ4v) is 6.82. The lowest BCUT2D eigenvalue weighted by Crippen LogP contribution is -2.42. The SMILES string of the molecule is C[C@H](CO)CS(=O)(=O)N[C@H]1CC[C@H](Nc2nc(N)c(C(=O)c3c(Cl)cccc3Cl)s2)CC1. The van der Waals surface area contributed by atoms with E-state index in [1.807, 2.05) is 0 Å². The molecule has 176 valence electrons. The van der Waals surface area contributed by atoms with Gasteiger partial charge in [-0.1, -0.05) is 47.5 Å². The van der Waals surface area contributed by atoms with E-state index in [0.717, 1.165) is 24.2 Å². The van der Waals surface area contributed by atoms with Gasteiger partial charge in [0.2, 0.25) is 15.8 Å². The van der Waals surface area contributed by atoms with Gasteiger partial charge in [-0.3, -0.25) is 4.79 Å². The minimum atomic E-state index is -3.43. The summed E-state index contributed by atoms with van der Waals surface area (Å²) in [5.74, 6) is -0.665. The maximum atomic E-state index is 12.9. The van der Waals surface area contributed by atoms with Gasteiger partial charge in [0.15, 0.2) is 5.13 Å². The van der Waals surface area contributed by atoms with Crippen molar-refractivity contribution in [3.63, 3.8) is 0 Å². The number of aliphatic hydroxyl groups excluding tert-OH is 1. The second-order valence-corrected chi connectivity index (χ2v) is 11.7. The second kappa shape index (κ2) is 10.7. The van der Waals surface area contributed by atoms with Gasteiger partial charge in [0, 0.05) is 18.7 Å². The number of aromatic nitrogens is 1. The number of anilines is 2. The molecule has 1 aromatic carbocycles. The fraction of sp³-hybridized carbons (Fsp3) is 0.500. The van der Waals surface area contributed by atoms with Crippen LogP contribution in [-0.4, -0.2) is 48.7 Å². The van der Waals surface area contributed by atoms with Crippen LogP contribution in [0, 0.1) is 5.92 Å². The zero-order chi connectivity index (χ0) is 23.5. The lowest BCUT2D eigenvalue weighted by atomic mass is 9.92. The van der Waals surface area contributed by atoms with Gasteiger partial charge >= 0.3 is 0 Å². The van der Waals surface area contributed by atoms with E-state index >= 15 is 0 Å². The molecule has 3 rings (SSSR count). The van der Waals surface area contributed by atoms with Gasteiger partial charge in [-0.25, -0.2) is 18.1 Å². The van der Waals surface area contributed by atoms with E-state index in [4.69, 9.17) is 34.0 Å². The number of sulfonamides is 1. The summed E-state index contributed by atoms with van der Waals surface area (Å²) in [6.45, 7) is 1.53. The Kier molecular flexibility index (Phi) is 8.40. The molecule has 0 saturated heterocycles. The highest BCUT2D eigenvalue weighted by atomic mass is 35.5. The van der Waals surface area contributed by atoms with Crippen LogP contribution in [0.25, 0.3) is 0 Å². The first-order valence-electron chi connectivity index (χ1n) is 10.2. The van der Waals surface area contributed by atoms with E-state index in [-0.39, 0.29) is 62.4 Å². The molecule has 1 aliphatic rings. The topological polar surface area (TPSA) is 134 Å². The van der Waals surface area contributed by atoms with Crippen LogP contribution in [0.15, 0.2) is 18.2 Å². The molecule has 12 heteroatoms. The van der Waals surface area contributed by atoms with Crippen LogP contribution in [-0.2, 0) is 10.0 Å². The van der Waals surface area contributed by atoms with E-state index < -0.39 is 10.0 Å². The summed E-state index contributed by atoms with van der Waals surface area (Å²) in [4.78, 5) is 17.4. The van der Waals surface area contributed by atoms with E-state index in [2.05, 4.69) is 15.0 Å². The predicted molar refractivity (Wildman–Crippen MR) is 129 cm³/mol. The maximum Gasteiger partial charge on any atom is 0.212 e.